The number of hydrogen-bond donors (Lipinski definition) is 2. The lowest BCUT2D eigenvalue weighted by Gasteiger charge is -2.18. The van der Waals surface area contributed by atoms with Crippen molar-refractivity contribution in [3.8, 4) is 11.5 Å². The van der Waals surface area contributed by atoms with Gasteiger partial charge in [-0.05, 0) is 18.6 Å². The quantitative estimate of drug-likeness (QED) is 0.748. The normalized spacial score (nSPS) is 13.2. The summed E-state index contributed by atoms with van der Waals surface area (Å²) in [4.78, 5) is 38.0. The second-order valence-corrected chi connectivity index (χ2v) is 6.54. The van der Waals surface area contributed by atoms with E-state index >= 15 is 0 Å². The average Bonchev–Trinajstić information content (AvgIpc) is 3.13. The van der Waals surface area contributed by atoms with Gasteiger partial charge in [0.15, 0.2) is 0 Å². The smallest absolute Gasteiger partial charge is 0.255 e. The van der Waals surface area contributed by atoms with E-state index in [2.05, 4.69) is 10.6 Å². The van der Waals surface area contributed by atoms with Crippen LogP contribution < -0.4 is 20.1 Å². The number of methoxy groups -OCH3 is 2. The molecule has 1 heterocycles. The van der Waals surface area contributed by atoms with Crippen LogP contribution in [-0.4, -0.2) is 49.9 Å². The maximum absolute atomic E-state index is 12.5. The van der Waals surface area contributed by atoms with Crippen molar-refractivity contribution in [2.24, 2.45) is 0 Å². The molecular formula is C21H23N3O5. The largest absolute Gasteiger partial charge is 0.494 e. The highest BCUT2D eigenvalue weighted by molar-refractivity contribution is 6.05. The molecule has 1 saturated heterocycles. The van der Waals surface area contributed by atoms with Gasteiger partial charge in [-0.25, -0.2) is 0 Å². The Bertz CT molecular complexity index is 914. The second-order valence-electron chi connectivity index (χ2n) is 6.54. The van der Waals surface area contributed by atoms with E-state index in [0.29, 0.717) is 41.4 Å². The Hall–Kier alpha value is -3.55. The van der Waals surface area contributed by atoms with Crippen molar-refractivity contribution in [1.29, 1.82) is 0 Å². The Morgan fingerprint density at radius 1 is 1.00 bits per heavy atom. The summed E-state index contributed by atoms with van der Waals surface area (Å²) in [6.07, 6.45) is 1.24. The Kier molecular flexibility index (Phi) is 6.33. The number of carbonyl (C=O) groups excluding carboxylic acids is 3. The molecule has 0 aromatic heterocycles. The van der Waals surface area contributed by atoms with Crippen LogP contribution in [-0.2, 0) is 9.59 Å². The number of carbonyl (C=O) groups is 3. The molecular weight excluding hydrogens is 374 g/mol. The number of hydrogen-bond acceptors (Lipinski definition) is 5. The SMILES string of the molecule is COc1cc(NC(=O)c2ccccc2)c(OC)cc1NC(=O)CN1CCCC1=O. The fraction of sp³-hybridized carbons (Fsp3) is 0.286. The van der Waals surface area contributed by atoms with Crippen LogP contribution in [0.4, 0.5) is 11.4 Å². The Morgan fingerprint density at radius 3 is 2.17 bits per heavy atom. The minimum atomic E-state index is -0.332. The van der Waals surface area contributed by atoms with Crippen LogP contribution in [0.3, 0.4) is 0 Å². The van der Waals surface area contributed by atoms with Gasteiger partial charge in [0.25, 0.3) is 5.91 Å². The molecule has 2 aromatic carbocycles. The highest BCUT2D eigenvalue weighted by Crippen LogP contribution is 2.36. The highest BCUT2D eigenvalue weighted by Gasteiger charge is 2.23. The second kappa shape index (κ2) is 9.09. The van der Waals surface area contributed by atoms with Crippen molar-refractivity contribution in [2.45, 2.75) is 12.8 Å². The Labute approximate surface area is 168 Å². The summed E-state index contributed by atoms with van der Waals surface area (Å²) in [5, 5.41) is 5.53. The minimum absolute atomic E-state index is 0.0171. The number of rotatable bonds is 7. The van der Waals surface area contributed by atoms with Gasteiger partial charge < -0.3 is 25.0 Å². The summed E-state index contributed by atoms with van der Waals surface area (Å²) in [5.74, 6) is 0.0681. The Balaban J connectivity index is 1.77. The third-order valence-electron chi connectivity index (χ3n) is 4.59. The molecule has 0 aliphatic carbocycles. The van der Waals surface area contributed by atoms with Gasteiger partial charge >= 0.3 is 0 Å². The summed E-state index contributed by atoms with van der Waals surface area (Å²) < 4.78 is 10.7. The molecule has 8 nitrogen and oxygen atoms in total. The van der Waals surface area contributed by atoms with Crippen LogP contribution in [0.2, 0.25) is 0 Å². The molecule has 152 valence electrons. The molecule has 8 heteroatoms. The fourth-order valence-corrected chi connectivity index (χ4v) is 3.11. The molecule has 2 aromatic rings. The lowest BCUT2D eigenvalue weighted by Crippen LogP contribution is -2.34. The third kappa shape index (κ3) is 4.84. The van der Waals surface area contributed by atoms with E-state index in [1.165, 1.54) is 19.1 Å². The Morgan fingerprint density at radius 2 is 1.62 bits per heavy atom. The first-order chi connectivity index (χ1) is 14.0. The van der Waals surface area contributed by atoms with Crippen molar-refractivity contribution in [3.05, 3.63) is 48.0 Å². The monoisotopic (exact) mass is 397 g/mol. The first-order valence-corrected chi connectivity index (χ1v) is 9.22. The van der Waals surface area contributed by atoms with E-state index in [9.17, 15) is 14.4 Å². The molecule has 29 heavy (non-hydrogen) atoms. The number of anilines is 2. The van der Waals surface area contributed by atoms with Crippen molar-refractivity contribution in [2.75, 3.05) is 37.9 Å². The van der Waals surface area contributed by atoms with Crippen molar-refractivity contribution in [1.82, 2.24) is 4.90 Å². The van der Waals surface area contributed by atoms with E-state index in [1.807, 2.05) is 6.07 Å². The lowest BCUT2D eigenvalue weighted by molar-refractivity contribution is -0.131. The van der Waals surface area contributed by atoms with E-state index in [-0.39, 0.29) is 24.3 Å². The van der Waals surface area contributed by atoms with Crippen LogP contribution in [0.1, 0.15) is 23.2 Å². The zero-order chi connectivity index (χ0) is 20.8. The van der Waals surface area contributed by atoms with E-state index in [0.717, 1.165) is 6.42 Å². The molecule has 2 N–H and O–H groups in total. The minimum Gasteiger partial charge on any atom is -0.494 e. The number of nitrogens with zero attached hydrogens (tertiary/aromatic N) is 1. The molecule has 3 rings (SSSR count). The zero-order valence-electron chi connectivity index (χ0n) is 16.4. The topological polar surface area (TPSA) is 97.0 Å². The summed E-state index contributed by atoms with van der Waals surface area (Å²) in [6, 6.07) is 11.9. The van der Waals surface area contributed by atoms with Gasteiger partial charge in [0.1, 0.15) is 11.5 Å². The van der Waals surface area contributed by atoms with Crippen molar-refractivity contribution < 1.29 is 23.9 Å². The highest BCUT2D eigenvalue weighted by atomic mass is 16.5. The predicted molar refractivity (Wildman–Crippen MR) is 108 cm³/mol. The van der Waals surface area contributed by atoms with Crippen molar-refractivity contribution in [3.63, 3.8) is 0 Å². The molecule has 3 amide bonds. The van der Waals surface area contributed by atoms with Gasteiger partial charge in [-0.1, -0.05) is 18.2 Å². The fourth-order valence-electron chi connectivity index (χ4n) is 3.11. The zero-order valence-corrected chi connectivity index (χ0v) is 16.4. The first-order valence-electron chi connectivity index (χ1n) is 9.22. The van der Waals surface area contributed by atoms with Crippen LogP contribution in [0.5, 0.6) is 11.5 Å². The van der Waals surface area contributed by atoms with E-state index in [1.54, 1.807) is 36.4 Å². The van der Waals surface area contributed by atoms with Crippen LogP contribution in [0.15, 0.2) is 42.5 Å². The molecule has 0 spiro atoms. The van der Waals surface area contributed by atoms with Gasteiger partial charge in [0, 0.05) is 30.7 Å². The van der Waals surface area contributed by atoms with Crippen LogP contribution in [0.25, 0.3) is 0 Å². The van der Waals surface area contributed by atoms with Crippen molar-refractivity contribution >= 4 is 29.1 Å². The number of nitrogens with one attached hydrogen (secondary N) is 2. The number of ether oxygens (including phenoxy) is 2. The molecule has 0 unspecified atom stereocenters. The predicted octanol–water partition coefficient (Wildman–Crippen LogP) is 2.52. The van der Waals surface area contributed by atoms with E-state index in [4.69, 9.17) is 9.47 Å². The molecule has 0 bridgehead atoms. The molecule has 0 atom stereocenters. The third-order valence-corrected chi connectivity index (χ3v) is 4.59. The number of amides is 3. The number of benzene rings is 2. The maximum atomic E-state index is 12.5. The van der Waals surface area contributed by atoms with Gasteiger partial charge in [0.05, 0.1) is 32.1 Å². The molecule has 1 aliphatic rings. The standard InChI is InChI=1S/C21H23N3O5/c1-28-17-12-16(23-21(27)14-7-4-3-5-8-14)18(29-2)11-15(17)22-19(25)13-24-10-6-9-20(24)26/h3-5,7-8,11-12H,6,9-10,13H2,1-2H3,(H,22,25)(H,23,27). The molecule has 1 aliphatic heterocycles. The van der Waals surface area contributed by atoms with Gasteiger partial charge in [-0.3, -0.25) is 14.4 Å². The summed E-state index contributed by atoms with van der Waals surface area (Å²) in [7, 11) is 2.93. The number of likely N-dealkylation sites (tertiary alicyclic amines) is 1. The lowest BCUT2D eigenvalue weighted by atomic mass is 10.2. The molecule has 0 radical (unpaired) electrons. The van der Waals surface area contributed by atoms with Crippen LogP contribution >= 0.6 is 0 Å². The maximum Gasteiger partial charge on any atom is 0.255 e. The first kappa shape index (κ1) is 20.2. The van der Waals surface area contributed by atoms with Crippen LogP contribution in [0, 0.1) is 0 Å². The average molecular weight is 397 g/mol. The summed E-state index contributed by atoms with van der Waals surface area (Å²) in [5.41, 5.74) is 1.30. The van der Waals surface area contributed by atoms with Gasteiger partial charge in [-0.15, -0.1) is 0 Å². The van der Waals surface area contributed by atoms with Gasteiger partial charge in [0.2, 0.25) is 11.8 Å². The molecule has 1 fully saturated rings. The summed E-state index contributed by atoms with van der Waals surface area (Å²) in [6.45, 7) is 0.563. The van der Waals surface area contributed by atoms with E-state index < -0.39 is 0 Å². The molecule has 0 saturated carbocycles. The summed E-state index contributed by atoms with van der Waals surface area (Å²) >= 11 is 0. The van der Waals surface area contributed by atoms with Gasteiger partial charge in [-0.2, -0.15) is 0 Å².